The minimum atomic E-state index is -4.46. The summed E-state index contributed by atoms with van der Waals surface area (Å²) in [5.41, 5.74) is 0.685. The number of hydrogen-bond donors (Lipinski definition) is 1. The topological polar surface area (TPSA) is 38.3 Å². The van der Waals surface area contributed by atoms with Gasteiger partial charge in [0.05, 0.1) is 5.56 Å². The number of halogens is 3. The van der Waals surface area contributed by atoms with Gasteiger partial charge in [0.25, 0.3) is 5.91 Å². The van der Waals surface area contributed by atoms with E-state index in [4.69, 9.17) is 4.74 Å². The fourth-order valence-electron chi connectivity index (χ4n) is 2.39. The van der Waals surface area contributed by atoms with Gasteiger partial charge in [-0.05, 0) is 61.5 Å². The molecular weight excluding hydrogens is 355 g/mol. The van der Waals surface area contributed by atoms with E-state index in [1.54, 1.807) is 24.3 Å². The first-order valence-corrected chi connectivity index (χ1v) is 8.14. The molecule has 138 valence electrons. The number of nitrogens with one attached hydrogen (secondary N) is 1. The van der Waals surface area contributed by atoms with E-state index < -0.39 is 17.6 Å². The van der Waals surface area contributed by atoms with E-state index in [0.717, 1.165) is 17.7 Å². The van der Waals surface area contributed by atoms with Gasteiger partial charge < -0.3 is 10.1 Å². The number of hydrogen-bond acceptors (Lipinski definition) is 2. The van der Waals surface area contributed by atoms with E-state index >= 15 is 0 Å². The fraction of sp³-hybridized carbons (Fsp3) is 0.0952. The highest BCUT2D eigenvalue weighted by Gasteiger charge is 2.30. The standard InChI is InChI=1S/C21H16F3NO2/c1-14-5-9-18(10-6-14)27-19-11-7-15(8-12-19)20(26)25-17-4-2-3-16(13-17)21(22,23)24/h2-13H,1H3,(H,25,26). The first-order valence-electron chi connectivity index (χ1n) is 8.14. The summed E-state index contributed by atoms with van der Waals surface area (Å²) in [5, 5.41) is 2.47. The second-order valence-corrected chi connectivity index (χ2v) is 5.97. The number of amides is 1. The lowest BCUT2D eigenvalue weighted by Gasteiger charge is -2.10. The molecule has 0 aliphatic carbocycles. The van der Waals surface area contributed by atoms with E-state index in [2.05, 4.69) is 5.32 Å². The molecule has 0 unspecified atom stereocenters. The number of rotatable bonds is 4. The van der Waals surface area contributed by atoms with Gasteiger partial charge in [-0.3, -0.25) is 4.79 Å². The predicted molar refractivity (Wildman–Crippen MR) is 97.1 cm³/mol. The predicted octanol–water partition coefficient (Wildman–Crippen LogP) is 6.06. The van der Waals surface area contributed by atoms with Crippen molar-refractivity contribution in [1.29, 1.82) is 0 Å². The molecule has 0 spiro atoms. The Hall–Kier alpha value is -3.28. The summed E-state index contributed by atoms with van der Waals surface area (Å²) in [7, 11) is 0. The molecule has 3 nitrogen and oxygen atoms in total. The van der Waals surface area contributed by atoms with E-state index in [9.17, 15) is 18.0 Å². The first-order chi connectivity index (χ1) is 12.8. The molecule has 0 radical (unpaired) electrons. The van der Waals surface area contributed by atoms with Crippen LogP contribution in [0.15, 0.2) is 72.8 Å². The summed E-state index contributed by atoms with van der Waals surface area (Å²) in [6.07, 6.45) is -4.46. The quantitative estimate of drug-likeness (QED) is 0.605. The lowest BCUT2D eigenvalue weighted by Crippen LogP contribution is -2.13. The average molecular weight is 371 g/mol. The lowest BCUT2D eigenvalue weighted by molar-refractivity contribution is -0.137. The van der Waals surface area contributed by atoms with Crippen LogP contribution in [-0.2, 0) is 6.18 Å². The minimum absolute atomic E-state index is 0.0785. The molecule has 0 bridgehead atoms. The zero-order valence-electron chi connectivity index (χ0n) is 14.4. The third kappa shape index (κ3) is 4.88. The van der Waals surface area contributed by atoms with E-state index in [1.807, 2.05) is 31.2 Å². The number of carbonyl (C=O) groups excluding carboxylic acids is 1. The second kappa shape index (κ2) is 7.53. The van der Waals surface area contributed by atoms with E-state index in [0.29, 0.717) is 17.1 Å². The van der Waals surface area contributed by atoms with Crippen molar-refractivity contribution in [2.75, 3.05) is 5.32 Å². The van der Waals surface area contributed by atoms with Gasteiger partial charge in [0.2, 0.25) is 0 Å². The van der Waals surface area contributed by atoms with E-state index in [1.165, 1.54) is 12.1 Å². The smallest absolute Gasteiger partial charge is 0.416 e. The number of alkyl halides is 3. The molecule has 0 heterocycles. The molecule has 3 aromatic rings. The Bertz CT molecular complexity index is 933. The summed E-state index contributed by atoms with van der Waals surface area (Å²) >= 11 is 0. The van der Waals surface area contributed by atoms with Crippen LogP contribution in [0, 0.1) is 6.92 Å². The molecule has 1 amide bonds. The fourth-order valence-corrected chi connectivity index (χ4v) is 2.39. The molecule has 6 heteroatoms. The number of anilines is 1. The SMILES string of the molecule is Cc1ccc(Oc2ccc(C(=O)Nc3cccc(C(F)(F)F)c3)cc2)cc1. The van der Waals surface area contributed by atoms with Gasteiger partial charge in [-0.1, -0.05) is 23.8 Å². The van der Waals surface area contributed by atoms with Gasteiger partial charge in [0, 0.05) is 11.3 Å². The van der Waals surface area contributed by atoms with Crippen molar-refractivity contribution in [2.24, 2.45) is 0 Å². The number of carbonyl (C=O) groups is 1. The molecule has 27 heavy (non-hydrogen) atoms. The average Bonchev–Trinajstić information content (AvgIpc) is 2.64. The molecule has 0 aromatic heterocycles. The van der Waals surface area contributed by atoms with Gasteiger partial charge in [-0.15, -0.1) is 0 Å². The van der Waals surface area contributed by atoms with Crippen LogP contribution in [0.4, 0.5) is 18.9 Å². The number of ether oxygens (including phenoxy) is 1. The Morgan fingerprint density at radius 3 is 2.07 bits per heavy atom. The molecular formula is C21H16F3NO2. The summed E-state index contributed by atoms with van der Waals surface area (Å²) in [4.78, 5) is 12.2. The highest BCUT2D eigenvalue weighted by atomic mass is 19.4. The van der Waals surface area contributed by atoms with Crippen LogP contribution in [-0.4, -0.2) is 5.91 Å². The van der Waals surface area contributed by atoms with Crippen molar-refractivity contribution in [3.8, 4) is 11.5 Å². The van der Waals surface area contributed by atoms with Crippen molar-refractivity contribution in [3.63, 3.8) is 0 Å². The van der Waals surface area contributed by atoms with Gasteiger partial charge in [0.15, 0.2) is 0 Å². The largest absolute Gasteiger partial charge is 0.457 e. The molecule has 1 N–H and O–H groups in total. The normalized spacial score (nSPS) is 11.1. The maximum atomic E-state index is 12.7. The van der Waals surface area contributed by atoms with Gasteiger partial charge in [-0.25, -0.2) is 0 Å². The van der Waals surface area contributed by atoms with Gasteiger partial charge in [-0.2, -0.15) is 13.2 Å². The second-order valence-electron chi connectivity index (χ2n) is 5.97. The summed E-state index contributed by atoms with van der Waals surface area (Å²) in [6.45, 7) is 1.97. The van der Waals surface area contributed by atoms with Crippen molar-refractivity contribution in [1.82, 2.24) is 0 Å². The molecule has 0 fully saturated rings. The van der Waals surface area contributed by atoms with Crippen LogP contribution in [0.3, 0.4) is 0 Å². The highest BCUT2D eigenvalue weighted by molar-refractivity contribution is 6.04. The first kappa shape index (κ1) is 18.5. The van der Waals surface area contributed by atoms with Crippen molar-refractivity contribution in [3.05, 3.63) is 89.5 Å². The number of aryl methyl sites for hydroxylation is 1. The van der Waals surface area contributed by atoms with Crippen molar-refractivity contribution in [2.45, 2.75) is 13.1 Å². The van der Waals surface area contributed by atoms with Crippen LogP contribution in [0.2, 0.25) is 0 Å². The van der Waals surface area contributed by atoms with Crippen molar-refractivity contribution >= 4 is 11.6 Å². The maximum Gasteiger partial charge on any atom is 0.416 e. The van der Waals surface area contributed by atoms with Crippen LogP contribution in [0.25, 0.3) is 0 Å². The molecule has 0 atom stereocenters. The van der Waals surface area contributed by atoms with Crippen molar-refractivity contribution < 1.29 is 22.7 Å². The Morgan fingerprint density at radius 2 is 1.48 bits per heavy atom. The van der Waals surface area contributed by atoms with E-state index in [-0.39, 0.29) is 5.69 Å². The van der Waals surface area contributed by atoms with Gasteiger partial charge in [0.1, 0.15) is 11.5 Å². The van der Waals surface area contributed by atoms with Crippen LogP contribution >= 0.6 is 0 Å². The minimum Gasteiger partial charge on any atom is -0.457 e. The molecule has 3 aromatic carbocycles. The molecule has 0 saturated heterocycles. The third-order valence-corrected chi connectivity index (χ3v) is 3.82. The highest BCUT2D eigenvalue weighted by Crippen LogP contribution is 2.30. The molecule has 0 aliphatic rings. The Kier molecular flexibility index (Phi) is 5.16. The maximum absolute atomic E-state index is 12.7. The Balaban J connectivity index is 1.68. The summed E-state index contributed by atoms with van der Waals surface area (Å²) in [6, 6.07) is 18.4. The zero-order chi connectivity index (χ0) is 19.4. The molecule has 0 aliphatic heterocycles. The summed E-state index contributed by atoms with van der Waals surface area (Å²) < 4.78 is 43.9. The van der Waals surface area contributed by atoms with Crippen LogP contribution < -0.4 is 10.1 Å². The monoisotopic (exact) mass is 371 g/mol. The van der Waals surface area contributed by atoms with Crippen LogP contribution in [0.5, 0.6) is 11.5 Å². The number of benzene rings is 3. The third-order valence-electron chi connectivity index (χ3n) is 3.82. The molecule has 0 saturated carbocycles. The van der Waals surface area contributed by atoms with Crippen LogP contribution in [0.1, 0.15) is 21.5 Å². The van der Waals surface area contributed by atoms with Gasteiger partial charge >= 0.3 is 6.18 Å². The summed E-state index contributed by atoms with van der Waals surface area (Å²) in [5.74, 6) is 0.715. The molecule has 3 rings (SSSR count). The Labute approximate surface area is 154 Å². The zero-order valence-corrected chi connectivity index (χ0v) is 14.4. The lowest BCUT2D eigenvalue weighted by atomic mass is 10.1. The Morgan fingerprint density at radius 1 is 0.889 bits per heavy atom.